The molecule has 0 saturated heterocycles. The normalized spacial score (nSPS) is 11.6. The van der Waals surface area contributed by atoms with Gasteiger partial charge in [0.05, 0.1) is 0 Å². The van der Waals surface area contributed by atoms with E-state index in [1.54, 1.807) is 16.7 Å². The molecule has 0 aliphatic heterocycles. The Morgan fingerprint density at radius 3 is 2.64 bits per heavy atom. The first-order chi connectivity index (χ1) is 6.49. The van der Waals surface area contributed by atoms with Crippen molar-refractivity contribution >= 4 is 0 Å². The second kappa shape index (κ2) is 4.42. The Morgan fingerprint density at radius 2 is 2.07 bits per heavy atom. The summed E-state index contributed by atoms with van der Waals surface area (Å²) in [4.78, 5) is 11.3. The van der Waals surface area contributed by atoms with Gasteiger partial charge in [-0.05, 0) is 26.8 Å². The summed E-state index contributed by atoms with van der Waals surface area (Å²) in [6, 6.07) is 5.21. The molecule has 1 aromatic rings. The summed E-state index contributed by atoms with van der Waals surface area (Å²) < 4.78 is 1.71. The molecular weight excluding hydrogens is 176 g/mol. The molecule has 0 spiro atoms. The second-order valence-electron chi connectivity index (χ2n) is 4.41. The maximum atomic E-state index is 11.3. The maximum absolute atomic E-state index is 11.3. The van der Waals surface area contributed by atoms with Crippen LogP contribution in [-0.2, 0) is 6.54 Å². The van der Waals surface area contributed by atoms with E-state index in [1.165, 1.54) is 0 Å². The Balaban J connectivity index is 2.47. The summed E-state index contributed by atoms with van der Waals surface area (Å²) >= 11 is 0. The van der Waals surface area contributed by atoms with Crippen LogP contribution in [0.25, 0.3) is 0 Å². The molecule has 78 valence electrons. The van der Waals surface area contributed by atoms with E-state index in [1.807, 2.05) is 12.3 Å². The van der Waals surface area contributed by atoms with Gasteiger partial charge in [0.2, 0.25) is 0 Å². The molecule has 0 aliphatic carbocycles. The minimum Gasteiger partial charge on any atom is -0.314 e. The largest absolute Gasteiger partial charge is 0.314 e. The fourth-order valence-corrected chi connectivity index (χ4v) is 1.20. The molecule has 0 unspecified atom stereocenters. The van der Waals surface area contributed by atoms with E-state index < -0.39 is 0 Å². The van der Waals surface area contributed by atoms with Gasteiger partial charge in [-0.25, -0.2) is 0 Å². The third-order valence-electron chi connectivity index (χ3n) is 1.91. The van der Waals surface area contributed by atoms with Crippen molar-refractivity contribution < 1.29 is 0 Å². The third-order valence-corrected chi connectivity index (χ3v) is 1.91. The molecule has 0 aliphatic rings. The molecule has 14 heavy (non-hydrogen) atoms. The fraction of sp³-hybridized carbons (Fsp3) is 0.545. The first-order valence-electron chi connectivity index (χ1n) is 4.89. The van der Waals surface area contributed by atoms with Crippen LogP contribution in [0, 0.1) is 0 Å². The van der Waals surface area contributed by atoms with Crippen molar-refractivity contribution in [3.63, 3.8) is 0 Å². The molecule has 0 atom stereocenters. The van der Waals surface area contributed by atoms with Crippen LogP contribution >= 0.6 is 0 Å². The van der Waals surface area contributed by atoms with Crippen LogP contribution in [0.15, 0.2) is 29.2 Å². The van der Waals surface area contributed by atoms with Gasteiger partial charge >= 0.3 is 0 Å². The number of nitrogens with zero attached hydrogens (tertiary/aromatic N) is 1. The first kappa shape index (κ1) is 11.0. The van der Waals surface area contributed by atoms with Crippen LogP contribution in [0.1, 0.15) is 20.8 Å². The minimum absolute atomic E-state index is 0.0585. The van der Waals surface area contributed by atoms with Crippen molar-refractivity contribution in [3.8, 4) is 0 Å². The van der Waals surface area contributed by atoms with Gasteiger partial charge in [-0.3, -0.25) is 4.79 Å². The van der Waals surface area contributed by atoms with E-state index in [4.69, 9.17) is 0 Å². The summed E-state index contributed by atoms with van der Waals surface area (Å²) in [6.45, 7) is 7.87. The van der Waals surface area contributed by atoms with Crippen molar-refractivity contribution in [2.45, 2.75) is 32.9 Å². The Labute approximate surface area is 84.8 Å². The standard InChI is InChI=1S/C11H18N2O/c1-11(2,3)12-7-9-13-8-5-4-6-10(13)14/h4-6,8,12H,7,9H2,1-3H3. The van der Waals surface area contributed by atoms with Gasteiger partial charge in [0.1, 0.15) is 0 Å². The lowest BCUT2D eigenvalue weighted by atomic mass is 10.1. The van der Waals surface area contributed by atoms with Crippen molar-refractivity contribution in [2.75, 3.05) is 6.54 Å². The van der Waals surface area contributed by atoms with Crippen LogP contribution < -0.4 is 10.9 Å². The zero-order valence-corrected chi connectivity index (χ0v) is 9.08. The molecular formula is C11H18N2O. The summed E-state index contributed by atoms with van der Waals surface area (Å²) in [7, 11) is 0. The van der Waals surface area contributed by atoms with Gasteiger partial charge < -0.3 is 9.88 Å². The first-order valence-corrected chi connectivity index (χ1v) is 4.89. The molecule has 1 rings (SSSR count). The lowest BCUT2D eigenvalue weighted by Crippen LogP contribution is -2.38. The predicted molar refractivity (Wildman–Crippen MR) is 58.5 cm³/mol. The van der Waals surface area contributed by atoms with Crippen molar-refractivity contribution in [1.29, 1.82) is 0 Å². The molecule has 0 radical (unpaired) electrons. The van der Waals surface area contributed by atoms with E-state index >= 15 is 0 Å². The Kier molecular flexibility index (Phi) is 3.47. The molecule has 0 bridgehead atoms. The number of aromatic nitrogens is 1. The monoisotopic (exact) mass is 194 g/mol. The highest BCUT2D eigenvalue weighted by Crippen LogP contribution is 1.97. The maximum Gasteiger partial charge on any atom is 0.250 e. The van der Waals surface area contributed by atoms with Gasteiger partial charge in [0.15, 0.2) is 0 Å². The highest BCUT2D eigenvalue weighted by molar-refractivity contribution is 4.93. The van der Waals surface area contributed by atoms with Crippen LogP contribution in [-0.4, -0.2) is 16.7 Å². The summed E-state index contributed by atoms with van der Waals surface area (Å²) in [5.41, 5.74) is 0.168. The van der Waals surface area contributed by atoms with Gasteiger partial charge in [-0.15, -0.1) is 0 Å². The average molecular weight is 194 g/mol. The van der Waals surface area contributed by atoms with E-state index in [2.05, 4.69) is 26.1 Å². The lowest BCUT2D eigenvalue weighted by Gasteiger charge is -2.20. The summed E-state index contributed by atoms with van der Waals surface area (Å²) in [5, 5.41) is 3.34. The molecule has 0 aromatic carbocycles. The Hall–Kier alpha value is -1.09. The minimum atomic E-state index is 0.0585. The molecule has 1 heterocycles. The van der Waals surface area contributed by atoms with Gasteiger partial charge in [0, 0.05) is 30.9 Å². The highest BCUT2D eigenvalue weighted by atomic mass is 16.1. The molecule has 1 N–H and O–H groups in total. The van der Waals surface area contributed by atoms with Crippen LogP contribution in [0.5, 0.6) is 0 Å². The number of nitrogens with one attached hydrogen (secondary N) is 1. The number of hydrogen-bond donors (Lipinski definition) is 1. The Bertz CT molecular complexity index is 336. The number of rotatable bonds is 3. The third kappa shape index (κ3) is 3.75. The van der Waals surface area contributed by atoms with Crippen molar-refractivity contribution in [1.82, 2.24) is 9.88 Å². The zero-order chi connectivity index (χ0) is 10.6. The molecule has 3 nitrogen and oxygen atoms in total. The number of hydrogen-bond acceptors (Lipinski definition) is 2. The summed E-state index contributed by atoms with van der Waals surface area (Å²) in [5.74, 6) is 0. The fourth-order valence-electron chi connectivity index (χ4n) is 1.20. The smallest absolute Gasteiger partial charge is 0.250 e. The topological polar surface area (TPSA) is 34.0 Å². The highest BCUT2D eigenvalue weighted by Gasteiger charge is 2.07. The van der Waals surface area contributed by atoms with Gasteiger partial charge in [-0.2, -0.15) is 0 Å². The van der Waals surface area contributed by atoms with E-state index in [0.29, 0.717) is 0 Å². The van der Waals surface area contributed by atoms with E-state index in [0.717, 1.165) is 13.1 Å². The Morgan fingerprint density at radius 1 is 1.36 bits per heavy atom. The van der Waals surface area contributed by atoms with Gasteiger partial charge in [-0.1, -0.05) is 6.07 Å². The van der Waals surface area contributed by atoms with Gasteiger partial charge in [0.25, 0.3) is 5.56 Å². The van der Waals surface area contributed by atoms with Crippen LogP contribution in [0.4, 0.5) is 0 Å². The van der Waals surface area contributed by atoms with Crippen LogP contribution in [0.2, 0.25) is 0 Å². The summed E-state index contributed by atoms with van der Waals surface area (Å²) in [6.07, 6.45) is 1.81. The number of pyridine rings is 1. The second-order valence-corrected chi connectivity index (χ2v) is 4.41. The molecule has 3 heteroatoms. The molecule has 1 aromatic heterocycles. The average Bonchev–Trinajstić information content (AvgIpc) is 2.06. The van der Waals surface area contributed by atoms with Crippen molar-refractivity contribution in [3.05, 3.63) is 34.7 Å². The van der Waals surface area contributed by atoms with Crippen LogP contribution in [0.3, 0.4) is 0 Å². The molecule has 0 saturated carbocycles. The van der Waals surface area contributed by atoms with Crippen molar-refractivity contribution in [2.24, 2.45) is 0 Å². The SMILES string of the molecule is CC(C)(C)NCCn1ccccc1=O. The quantitative estimate of drug-likeness (QED) is 0.785. The zero-order valence-electron chi connectivity index (χ0n) is 9.08. The van der Waals surface area contributed by atoms with E-state index in [9.17, 15) is 4.79 Å². The molecule has 0 amide bonds. The lowest BCUT2D eigenvalue weighted by molar-refractivity contribution is 0.410. The molecule has 0 fully saturated rings. The van der Waals surface area contributed by atoms with E-state index in [-0.39, 0.29) is 11.1 Å². The predicted octanol–water partition coefficient (Wildman–Crippen LogP) is 1.24.